The lowest BCUT2D eigenvalue weighted by atomic mass is 10.4. The summed E-state index contributed by atoms with van der Waals surface area (Å²) in [7, 11) is 0. The van der Waals surface area contributed by atoms with Crippen molar-refractivity contribution < 1.29 is 4.74 Å². The van der Waals surface area contributed by atoms with E-state index in [9.17, 15) is 0 Å². The van der Waals surface area contributed by atoms with Crippen LogP contribution in [0, 0.1) is 6.92 Å². The molecule has 0 aliphatic heterocycles. The molecule has 0 aromatic carbocycles. The second-order valence-electron chi connectivity index (χ2n) is 3.24. The first-order valence-electron chi connectivity index (χ1n) is 4.96. The number of thiazole rings is 1. The molecule has 0 fully saturated rings. The second kappa shape index (κ2) is 6.11. The molecule has 1 aromatic rings. The van der Waals surface area contributed by atoms with Crippen molar-refractivity contribution in [3.05, 3.63) is 16.1 Å². The van der Waals surface area contributed by atoms with Crippen LogP contribution in [0.15, 0.2) is 6.20 Å². The lowest BCUT2D eigenvalue weighted by Gasteiger charge is -2.11. The minimum Gasteiger partial charge on any atom is -0.377 e. The predicted octanol–water partition coefficient (Wildman–Crippen LogP) is 1.97. The summed E-state index contributed by atoms with van der Waals surface area (Å²) >= 11 is 1.74. The molecule has 4 heteroatoms. The van der Waals surface area contributed by atoms with E-state index in [2.05, 4.69) is 17.2 Å². The van der Waals surface area contributed by atoms with Crippen molar-refractivity contribution in [2.24, 2.45) is 0 Å². The molecule has 0 spiro atoms. The Morgan fingerprint density at radius 3 is 3.00 bits per heavy atom. The molecule has 0 saturated heterocycles. The van der Waals surface area contributed by atoms with Gasteiger partial charge in [-0.2, -0.15) is 0 Å². The third kappa shape index (κ3) is 4.17. The maximum absolute atomic E-state index is 5.41. The number of rotatable bonds is 6. The summed E-state index contributed by atoms with van der Waals surface area (Å²) in [5.74, 6) is 0. The molecule has 1 unspecified atom stereocenters. The lowest BCUT2D eigenvalue weighted by molar-refractivity contribution is 0.0760. The van der Waals surface area contributed by atoms with Crippen molar-refractivity contribution in [2.75, 3.05) is 13.2 Å². The lowest BCUT2D eigenvalue weighted by Crippen LogP contribution is -2.26. The van der Waals surface area contributed by atoms with Crippen LogP contribution in [0.25, 0.3) is 0 Å². The molecule has 3 nitrogen and oxygen atoms in total. The van der Waals surface area contributed by atoms with E-state index in [0.717, 1.165) is 24.7 Å². The monoisotopic (exact) mass is 214 g/mol. The summed E-state index contributed by atoms with van der Waals surface area (Å²) in [6.07, 6.45) is 2.22. The molecule has 0 bridgehead atoms. The van der Waals surface area contributed by atoms with Crippen LogP contribution in [-0.2, 0) is 11.3 Å². The summed E-state index contributed by atoms with van der Waals surface area (Å²) in [5.41, 5.74) is 0. The third-order valence-electron chi connectivity index (χ3n) is 1.85. The van der Waals surface area contributed by atoms with E-state index in [0.29, 0.717) is 0 Å². The topological polar surface area (TPSA) is 34.1 Å². The molecule has 1 heterocycles. The minimum atomic E-state index is 0.286. The third-order valence-corrected chi connectivity index (χ3v) is 2.76. The molecule has 0 amide bonds. The maximum atomic E-state index is 5.41. The van der Waals surface area contributed by atoms with E-state index in [1.165, 1.54) is 4.88 Å². The van der Waals surface area contributed by atoms with Crippen molar-refractivity contribution >= 4 is 11.3 Å². The van der Waals surface area contributed by atoms with Gasteiger partial charge in [0.15, 0.2) is 0 Å². The van der Waals surface area contributed by atoms with Gasteiger partial charge in [-0.15, -0.1) is 11.3 Å². The average molecular weight is 214 g/mol. The predicted molar refractivity (Wildman–Crippen MR) is 59.6 cm³/mol. The molecular formula is C10H18N2OS. The van der Waals surface area contributed by atoms with Gasteiger partial charge in [0.25, 0.3) is 0 Å². The molecule has 0 aliphatic rings. The highest BCUT2D eigenvalue weighted by atomic mass is 32.1. The van der Waals surface area contributed by atoms with Gasteiger partial charge in [0.2, 0.25) is 0 Å². The summed E-state index contributed by atoms with van der Waals surface area (Å²) < 4.78 is 5.41. The Hall–Kier alpha value is -0.450. The Balaban J connectivity index is 2.15. The van der Waals surface area contributed by atoms with E-state index in [-0.39, 0.29) is 6.10 Å². The van der Waals surface area contributed by atoms with Gasteiger partial charge in [-0.3, -0.25) is 0 Å². The fraction of sp³-hybridized carbons (Fsp3) is 0.700. The van der Waals surface area contributed by atoms with E-state index in [1.807, 2.05) is 20.0 Å². The fourth-order valence-corrected chi connectivity index (χ4v) is 1.99. The Morgan fingerprint density at radius 1 is 1.64 bits per heavy atom. The highest BCUT2D eigenvalue weighted by molar-refractivity contribution is 7.11. The normalized spacial score (nSPS) is 13.1. The van der Waals surface area contributed by atoms with Crippen molar-refractivity contribution in [2.45, 2.75) is 33.4 Å². The zero-order valence-electron chi connectivity index (χ0n) is 9.04. The summed E-state index contributed by atoms with van der Waals surface area (Å²) in [4.78, 5) is 5.48. The fourth-order valence-electron chi connectivity index (χ4n) is 1.23. The average Bonchev–Trinajstić information content (AvgIpc) is 2.52. The van der Waals surface area contributed by atoms with Crippen LogP contribution in [0.4, 0.5) is 0 Å². The highest BCUT2D eigenvalue weighted by Crippen LogP contribution is 2.10. The quantitative estimate of drug-likeness (QED) is 0.786. The smallest absolute Gasteiger partial charge is 0.0897 e. The number of ether oxygens (including phenoxy) is 1. The Morgan fingerprint density at radius 2 is 2.43 bits per heavy atom. The first-order valence-corrected chi connectivity index (χ1v) is 5.77. The van der Waals surface area contributed by atoms with Gasteiger partial charge in [0, 0.05) is 30.8 Å². The number of aryl methyl sites for hydroxylation is 1. The molecular weight excluding hydrogens is 196 g/mol. The number of hydrogen-bond acceptors (Lipinski definition) is 4. The van der Waals surface area contributed by atoms with Crippen molar-refractivity contribution in [1.29, 1.82) is 0 Å². The van der Waals surface area contributed by atoms with Gasteiger partial charge >= 0.3 is 0 Å². The summed E-state index contributed by atoms with van der Waals surface area (Å²) in [6, 6.07) is 0. The SMILES string of the molecule is CCOC(C)CNCc1cnc(C)s1. The second-order valence-corrected chi connectivity index (χ2v) is 4.56. The molecule has 0 saturated carbocycles. The first-order chi connectivity index (χ1) is 6.72. The number of aromatic nitrogens is 1. The largest absolute Gasteiger partial charge is 0.377 e. The summed E-state index contributed by atoms with van der Waals surface area (Å²) in [6.45, 7) is 8.69. The first kappa shape index (κ1) is 11.6. The number of hydrogen-bond donors (Lipinski definition) is 1. The molecule has 1 N–H and O–H groups in total. The molecule has 1 atom stereocenters. The Bertz CT molecular complexity index is 262. The maximum Gasteiger partial charge on any atom is 0.0897 e. The van der Waals surface area contributed by atoms with Gasteiger partial charge in [-0.25, -0.2) is 4.98 Å². The van der Waals surface area contributed by atoms with Crippen LogP contribution in [0.2, 0.25) is 0 Å². The van der Waals surface area contributed by atoms with Gasteiger partial charge in [-0.1, -0.05) is 0 Å². The summed E-state index contributed by atoms with van der Waals surface area (Å²) in [5, 5.41) is 4.47. The molecule has 14 heavy (non-hydrogen) atoms. The zero-order chi connectivity index (χ0) is 10.4. The van der Waals surface area contributed by atoms with Crippen molar-refractivity contribution in [1.82, 2.24) is 10.3 Å². The minimum absolute atomic E-state index is 0.286. The highest BCUT2D eigenvalue weighted by Gasteiger charge is 2.01. The molecule has 0 aliphatic carbocycles. The standard InChI is InChI=1S/C10H18N2OS/c1-4-13-8(2)5-11-6-10-7-12-9(3)14-10/h7-8,11H,4-6H2,1-3H3. The van der Waals surface area contributed by atoms with E-state index < -0.39 is 0 Å². The molecule has 1 aromatic heterocycles. The molecule has 0 radical (unpaired) electrons. The number of nitrogens with one attached hydrogen (secondary N) is 1. The Labute approximate surface area is 89.5 Å². The molecule has 80 valence electrons. The molecule has 1 rings (SSSR count). The Kier molecular flexibility index (Phi) is 5.07. The van der Waals surface area contributed by atoms with Crippen LogP contribution in [0.1, 0.15) is 23.7 Å². The zero-order valence-corrected chi connectivity index (χ0v) is 9.86. The van der Waals surface area contributed by atoms with Gasteiger partial charge in [-0.05, 0) is 20.8 Å². The van der Waals surface area contributed by atoms with Crippen LogP contribution in [0.3, 0.4) is 0 Å². The van der Waals surface area contributed by atoms with Crippen LogP contribution in [-0.4, -0.2) is 24.2 Å². The van der Waals surface area contributed by atoms with E-state index in [4.69, 9.17) is 4.74 Å². The van der Waals surface area contributed by atoms with Crippen LogP contribution >= 0.6 is 11.3 Å². The van der Waals surface area contributed by atoms with E-state index in [1.54, 1.807) is 11.3 Å². The number of nitrogens with zero attached hydrogens (tertiary/aromatic N) is 1. The van der Waals surface area contributed by atoms with Gasteiger partial charge in [0.05, 0.1) is 11.1 Å². The van der Waals surface area contributed by atoms with E-state index >= 15 is 0 Å². The van der Waals surface area contributed by atoms with Crippen molar-refractivity contribution in [3.8, 4) is 0 Å². The van der Waals surface area contributed by atoms with Gasteiger partial charge < -0.3 is 10.1 Å². The van der Waals surface area contributed by atoms with Gasteiger partial charge in [0.1, 0.15) is 0 Å². The van der Waals surface area contributed by atoms with Crippen molar-refractivity contribution in [3.63, 3.8) is 0 Å². The van der Waals surface area contributed by atoms with Crippen LogP contribution in [0.5, 0.6) is 0 Å². The van der Waals surface area contributed by atoms with Crippen LogP contribution < -0.4 is 5.32 Å².